The summed E-state index contributed by atoms with van der Waals surface area (Å²) < 4.78 is 1.63. The van der Waals surface area contributed by atoms with E-state index in [1.165, 1.54) is 0 Å². The van der Waals surface area contributed by atoms with E-state index < -0.39 is 0 Å². The second-order valence-corrected chi connectivity index (χ2v) is 6.22. The van der Waals surface area contributed by atoms with Crippen LogP contribution in [-0.4, -0.2) is 45.9 Å². The van der Waals surface area contributed by atoms with E-state index in [0.717, 1.165) is 0 Å². The Bertz CT molecular complexity index is 859. The molecule has 0 bridgehead atoms. The molecule has 0 atom stereocenters. The lowest BCUT2D eigenvalue weighted by Gasteiger charge is -2.19. The fraction of sp³-hybridized carbons (Fsp3) is 0.444. The highest BCUT2D eigenvalue weighted by molar-refractivity contribution is 5.80. The summed E-state index contributed by atoms with van der Waals surface area (Å²) >= 11 is 0. The van der Waals surface area contributed by atoms with Crippen molar-refractivity contribution in [3.8, 4) is 0 Å². The molecule has 2 heterocycles. The normalized spacial score (nSPS) is 15.1. The molecule has 7 heteroatoms. The molecule has 1 aromatic heterocycles. The molecule has 1 N–H and O–H groups in total. The van der Waals surface area contributed by atoms with Crippen LogP contribution in [0.2, 0.25) is 0 Å². The van der Waals surface area contributed by atoms with Crippen LogP contribution in [0.4, 0.5) is 0 Å². The smallest absolute Gasteiger partial charge is 0.261 e. The van der Waals surface area contributed by atoms with Gasteiger partial charge in [-0.2, -0.15) is 0 Å². The molecule has 0 saturated carbocycles. The highest BCUT2D eigenvalue weighted by Crippen LogP contribution is 2.09. The van der Waals surface area contributed by atoms with E-state index >= 15 is 0 Å². The lowest BCUT2D eigenvalue weighted by molar-refractivity contribution is -0.131. The number of amides is 2. The van der Waals surface area contributed by atoms with Crippen molar-refractivity contribution in [1.82, 2.24) is 19.8 Å². The maximum atomic E-state index is 12.6. The van der Waals surface area contributed by atoms with Gasteiger partial charge in [-0.05, 0) is 25.5 Å². The maximum absolute atomic E-state index is 12.6. The number of hydrogen-bond acceptors (Lipinski definition) is 4. The molecule has 25 heavy (non-hydrogen) atoms. The first-order chi connectivity index (χ1) is 12.1. The molecular formula is C18H22N4O3. The molecule has 1 saturated heterocycles. The van der Waals surface area contributed by atoms with Gasteiger partial charge in [0.15, 0.2) is 0 Å². The van der Waals surface area contributed by atoms with E-state index in [-0.39, 0.29) is 17.4 Å². The number of rotatable bonds is 4. The molecule has 0 unspecified atom stereocenters. The quantitative estimate of drug-likeness (QED) is 0.892. The van der Waals surface area contributed by atoms with Crippen LogP contribution in [-0.2, 0) is 16.1 Å². The largest absolute Gasteiger partial charge is 0.354 e. The Balaban J connectivity index is 1.64. The molecule has 3 rings (SSSR count). The van der Waals surface area contributed by atoms with E-state index in [2.05, 4.69) is 10.3 Å². The molecule has 132 valence electrons. The number of carbonyl (C=O) groups excluding carboxylic acids is 2. The summed E-state index contributed by atoms with van der Waals surface area (Å²) in [4.78, 5) is 42.4. The van der Waals surface area contributed by atoms with Gasteiger partial charge in [-0.1, -0.05) is 12.1 Å². The molecular weight excluding hydrogens is 320 g/mol. The summed E-state index contributed by atoms with van der Waals surface area (Å²) in [7, 11) is 0. The van der Waals surface area contributed by atoms with Crippen LogP contribution < -0.4 is 10.9 Å². The number of nitrogens with zero attached hydrogens (tertiary/aromatic N) is 3. The van der Waals surface area contributed by atoms with Crippen LogP contribution in [0.3, 0.4) is 0 Å². The topological polar surface area (TPSA) is 84.3 Å². The Morgan fingerprint density at radius 3 is 2.88 bits per heavy atom. The average Bonchev–Trinajstić information content (AvgIpc) is 2.82. The van der Waals surface area contributed by atoms with E-state index in [1.54, 1.807) is 15.5 Å². The minimum Gasteiger partial charge on any atom is -0.354 e. The van der Waals surface area contributed by atoms with Crippen LogP contribution in [0.1, 0.15) is 25.1 Å². The third kappa shape index (κ3) is 3.87. The van der Waals surface area contributed by atoms with Gasteiger partial charge in [-0.25, -0.2) is 4.98 Å². The standard InChI is InChI=1S/C18H22N4O3/c1-13-20-15-6-3-2-5-14(15)18(25)22(13)10-4-7-17(24)21-11-8-16(23)19-9-12-21/h2-3,5-6H,4,7-12H2,1H3,(H,19,23). The Morgan fingerprint density at radius 1 is 1.24 bits per heavy atom. The van der Waals surface area contributed by atoms with Gasteiger partial charge in [0.1, 0.15) is 5.82 Å². The van der Waals surface area contributed by atoms with Gasteiger partial charge in [-0.15, -0.1) is 0 Å². The van der Waals surface area contributed by atoms with E-state index in [9.17, 15) is 14.4 Å². The molecule has 2 amide bonds. The first-order valence-electron chi connectivity index (χ1n) is 8.57. The van der Waals surface area contributed by atoms with Crippen LogP contribution >= 0.6 is 0 Å². The van der Waals surface area contributed by atoms with Crippen molar-refractivity contribution in [2.45, 2.75) is 32.7 Å². The van der Waals surface area contributed by atoms with E-state index in [1.807, 2.05) is 25.1 Å². The lowest BCUT2D eigenvalue weighted by Crippen LogP contribution is -2.34. The van der Waals surface area contributed by atoms with Gasteiger partial charge >= 0.3 is 0 Å². The minimum atomic E-state index is -0.0693. The number of fused-ring (bicyclic) bond motifs is 1. The Kier molecular flexibility index (Phi) is 5.11. The summed E-state index contributed by atoms with van der Waals surface area (Å²) in [6, 6.07) is 7.28. The Hall–Kier alpha value is -2.70. The van der Waals surface area contributed by atoms with Gasteiger partial charge in [0.2, 0.25) is 11.8 Å². The zero-order valence-electron chi connectivity index (χ0n) is 14.3. The zero-order chi connectivity index (χ0) is 17.8. The highest BCUT2D eigenvalue weighted by atomic mass is 16.2. The summed E-state index contributed by atoms with van der Waals surface area (Å²) in [5, 5.41) is 3.35. The van der Waals surface area contributed by atoms with Crippen molar-refractivity contribution >= 4 is 22.7 Å². The number of nitrogens with one attached hydrogen (secondary N) is 1. The van der Waals surface area contributed by atoms with Gasteiger partial charge in [0.05, 0.1) is 10.9 Å². The minimum absolute atomic E-state index is 0.0142. The molecule has 2 aromatic rings. The predicted molar refractivity (Wildman–Crippen MR) is 94.2 cm³/mol. The number of para-hydroxylation sites is 1. The number of aryl methyl sites for hydroxylation is 1. The zero-order valence-corrected chi connectivity index (χ0v) is 14.3. The van der Waals surface area contributed by atoms with Gasteiger partial charge in [0.25, 0.3) is 5.56 Å². The maximum Gasteiger partial charge on any atom is 0.261 e. The first-order valence-corrected chi connectivity index (χ1v) is 8.57. The summed E-state index contributed by atoms with van der Waals surface area (Å²) in [6.07, 6.45) is 1.27. The second-order valence-electron chi connectivity index (χ2n) is 6.22. The van der Waals surface area contributed by atoms with Gasteiger partial charge < -0.3 is 10.2 Å². The number of benzene rings is 1. The number of carbonyl (C=O) groups is 2. The fourth-order valence-corrected chi connectivity index (χ4v) is 3.11. The predicted octanol–water partition coefficient (Wildman–Crippen LogP) is 0.834. The average molecular weight is 342 g/mol. The molecule has 0 aliphatic carbocycles. The molecule has 1 aliphatic rings. The van der Waals surface area contributed by atoms with Crippen LogP contribution in [0.5, 0.6) is 0 Å². The van der Waals surface area contributed by atoms with Crippen LogP contribution in [0, 0.1) is 6.92 Å². The Labute approximate surface area is 145 Å². The second kappa shape index (κ2) is 7.46. The summed E-state index contributed by atoms with van der Waals surface area (Å²) in [5.74, 6) is 0.663. The Morgan fingerprint density at radius 2 is 2.04 bits per heavy atom. The molecule has 0 radical (unpaired) electrons. The molecule has 1 fully saturated rings. The SMILES string of the molecule is Cc1nc2ccccc2c(=O)n1CCCC(=O)N1CCNC(=O)CC1. The fourth-order valence-electron chi connectivity index (χ4n) is 3.11. The summed E-state index contributed by atoms with van der Waals surface area (Å²) in [5.41, 5.74) is 0.624. The number of hydrogen-bond donors (Lipinski definition) is 1. The monoisotopic (exact) mass is 342 g/mol. The van der Waals surface area contributed by atoms with Crippen molar-refractivity contribution < 1.29 is 9.59 Å². The third-order valence-corrected chi connectivity index (χ3v) is 4.49. The van der Waals surface area contributed by atoms with Crippen LogP contribution in [0.25, 0.3) is 10.9 Å². The summed E-state index contributed by atoms with van der Waals surface area (Å²) in [6.45, 7) is 3.76. The molecule has 1 aliphatic heterocycles. The third-order valence-electron chi connectivity index (χ3n) is 4.49. The van der Waals surface area contributed by atoms with Crippen molar-refractivity contribution in [2.75, 3.05) is 19.6 Å². The highest BCUT2D eigenvalue weighted by Gasteiger charge is 2.18. The first kappa shape index (κ1) is 17.1. The van der Waals surface area contributed by atoms with Crippen molar-refractivity contribution in [1.29, 1.82) is 0 Å². The van der Waals surface area contributed by atoms with Crippen molar-refractivity contribution in [3.05, 3.63) is 40.4 Å². The number of aromatic nitrogens is 2. The lowest BCUT2D eigenvalue weighted by atomic mass is 10.2. The van der Waals surface area contributed by atoms with E-state index in [0.29, 0.717) is 62.2 Å². The molecule has 0 spiro atoms. The molecule has 1 aromatic carbocycles. The van der Waals surface area contributed by atoms with Crippen molar-refractivity contribution in [3.63, 3.8) is 0 Å². The van der Waals surface area contributed by atoms with Gasteiger partial charge in [-0.3, -0.25) is 19.0 Å². The van der Waals surface area contributed by atoms with Crippen LogP contribution in [0.15, 0.2) is 29.1 Å². The van der Waals surface area contributed by atoms with Gasteiger partial charge in [0, 0.05) is 39.0 Å². The molecule has 7 nitrogen and oxygen atoms in total. The van der Waals surface area contributed by atoms with E-state index in [4.69, 9.17) is 0 Å². The van der Waals surface area contributed by atoms with Crippen molar-refractivity contribution in [2.24, 2.45) is 0 Å².